The molecule has 1 N–H and O–H groups in total. The lowest BCUT2D eigenvalue weighted by Crippen LogP contribution is -2.40. The highest BCUT2D eigenvalue weighted by Crippen LogP contribution is 2.44. The molecule has 0 bridgehead atoms. The third-order valence-corrected chi connectivity index (χ3v) is 7.85. The van der Waals surface area contributed by atoms with Crippen LogP contribution in [0.3, 0.4) is 0 Å². The first kappa shape index (κ1) is 22.9. The van der Waals surface area contributed by atoms with Crippen molar-refractivity contribution in [1.82, 2.24) is 19.8 Å². The fourth-order valence-corrected chi connectivity index (χ4v) is 6.22. The molecule has 3 aromatic rings. The molecule has 0 spiro atoms. The summed E-state index contributed by atoms with van der Waals surface area (Å²) in [6, 6.07) is 18.0. The highest BCUT2D eigenvalue weighted by molar-refractivity contribution is 7.80. The Hall–Kier alpha value is -2.86. The summed E-state index contributed by atoms with van der Waals surface area (Å²) in [5.41, 5.74) is 7.30. The highest BCUT2D eigenvalue weighted by Gasteiger charge is 2.44. The number of rotatable bonds is 5. The van der Waals surface area contributed by atoms with Gasteiger partial charge in [-0.1, -0.05) is 25.3 Å². The maximum atomic E-state index is 5.97. The highest BCUT2D eigenvalue weighted by atomic mass is 32.1. The normalized spacial score (nSPS) is 21.1. The van der Waals surface area contributed by atoms with Crippen LogP contribution in [0.4, 0.5) is 5.69 Å². The van der Waals surface area contributed by atoms with Crippen LogP contribution in [0.2, 0.25) is 0 Å². The number of benzene rings is 1. The van der Waals surface area contributed by atoms with Crippen molar-refractivity contribution in [3.63, 3.8) is 0 Å². The summed E-state index contributed by atoms with van der Waals surface area (Å²) < 4.78 is 2.38. The van der Waals surface area contributed by atoms with Crippen molar-refractivity contribution in [2.75, 3.05) is 19.0 Å². The lowest BCUT2D eigenvalue weighted by Gasteiger charge is -2.37. The number of pyridine rings is 1. The largest absolute Gasteiger partial charge is 0.378 e. The van der Waals surface area contributed by atoms with Crippen molar-refractivity contribution < 1.29 is 0 Å². The van der Waals surface area contributed by atoms with Gasteiger partial charge in [-0.15, -0.1) is 0 Å². The average molecular weight is 474 g/mol. The van der Waals surface area contributed by atoms with E-state index in [9.17, 15) is 0 Å². The average Bonchev–Trinajstić information content (AvgIpc) is 3.35. The standard InChI is InChI=1S/C28H35N5S/c1-19-18-24(20(2)32(19)23-15-13-21(14-16-23)31(3)4)27-26(25-12-8-9-17-29-25)30-28(34)33(27)22-10-6-5-7-11-22/h8-9,12-18,22,26-27H,5-7,10-11H2,1-4H3,(H,30,34)/t26-,27-/m1/s1. The molecule has 1 aliphatic heterocycles. The van der Waals surface area contributed by atoms with Gasteiger partial charge in [0.05, 0.1) is 17.8 Å². The molecule has 5 rings (SSSR count). The number of thiocarbonyl (C=S) groups is 1. The Morgan fingerprint density at radius 1 is 1.00 bits per heavy atom. The zero-order valence-corrected chi connectivity index (χ0v) is 21.5. The molecule has 5 nitrogen and oxygen atoms in total. The Bertz CT molecular complexity index is 1150. The third-order valence-electron chi connectivity index (χ3n) is 7.52. The van der Waals surface area contributed by atoms with E-state index >= 15 is 0 Å². The Labute approximate surface area is 208 Å². The maximum absolute atomic E-state index is 5.97. The molecule has 0 radical (unpaired) electrons. The zero-order chi connectivity index (χ0) is 23.8. The van der Waals surface area contributed by atoms with E-state index in [0.29, 0.717) is 6.04 Å². The monoisotopic (exact) mass is 473 g/mol. The van der Waals surface area contributed by atoms with Crippen molar-refractivity contribution in [2.24, 2.45) is 0 Å². The minimum absolute atomic E-state index is 0.0423. The minimum atomic E-state index is 0.0423. The molecule has 2 fully saturated rings. The van der Waals surface area contributed by atoms with Gasteiger partial charge in [-0.3, -0.25) is 4.98 Å². The van der Waals surface area contributed by atoms with Crippen LogP contribution in [-0.4, -0.2) is 39.7 Å². The third kappa shape index (κ3) is 4.09. The molecule has 3 heterocycles. The van der Waals surface area contributed by atoms with E-state index in [1.165, 1.54) is 60.4 Å². The lowest BCUT2D eigenvalue weighted by molar-refractivity contribution is 0.197. The number of aryl methyl sites for hydroxylation is 1. The molecule has 1 saturated carbocycles. The van der Waals surface area contributed by atoms with E-state index in [2.05, 4.69) is 90.1 Å². The molecular formula is C28H35N5S. The van der Waals surface area contributed by atoms with Crippen LogP contribution >= 0.6 is 12.2 Å². The number of anilines is 1. The quantitative estimate of drug-likeness (QED) is 0.470. The topological polar surface area (TPSA) is 36.3 Å². The van der Waals surface area contributed by atoms with Gasteiger partial charge in [0.25, 0.3) is 0 Å². The predicted octanol–water partition coefficient (Wildman–Crippen LogP) is 5.86. The van der Waals surface area contributed by atoms with Crippen LogP contribution in [0.25, 0.3) is 5.69 Å². The first-order valence-electron chi connectivity index (χ1n) is 12.4. The molecule has 1 saturated heterocycles. The molecule has 6 heteroatoms. The second kappa shape index (κ2) is 9.41. The van der Waals surface area contributed by atoms with Crippen molar-refractivity contribution in [2.45, 2.75) is 64.1 Å². The summed E-state index contributed by atoms with van der Waals surface area (Å²) >= 11 is 5.97. The summed E-state index contributed by atoms with van der Waals surface area (Å²) in [6.07, 6.45) is 8.19. The van der Waals surface area contributed by atoms with E-state index in [0.717, 1.165) is 10.8 Å². The summed E-state index contributed by atoms with van der Waals surface area (Å²) in [5, 5.41) is 4.53. The zero-order valence-electron chi connectivity index (χ0n) is 20.7. The van der Waals surface area contributed by atoms with E-state index in [1.54, 1.807) is 0 Å². The van der Waals surface area contributed by atoms with Gasteiger partial charge in [0, 0.05) is 49.1 Å². The molecule has 2 aliphatic rings. The van der Waals surface area contributed by atoms with E-state index in [1.807, 2.05) is 12.3 Å². The van der Waals surface area contributed by atoms with Crippen molar-refractivity contribution in [3.8, 4) is 5.69 Å². The number of nitrogens with zero attached hydrogens (tertiary/aromatic N) is 4. The Morgan fingerprint density at radius 3 is 2.38 bits per heavy atom. The molecule has 178 valence electrons. The second-order valence-electron chi connectivity index (χ2n) is 9.90. The van der Waals surface area contributed by atoms with Crippen LogP contribution in [-0.2, 0) is 0 Å². The van der Waals surface area contributed by atoms with Crippen molar-refractivity contribution in [3.05, 3.63) is 77.4 Å². The summed E-state index contributed by atoms with van der Waals surface area (Å²) in [5.74, 6) is 0. The smallest absolute Gasteiger partial charge is 0.170 e. The van der Waals surface area contributed by atoms with Gasteiger partial charge >= 0.3 is 0 Å². The van der Waals surface area contributed by atoms with Gasteiger partial charge in [-0.05, 0) is 86.9 Å². The van der Waals surface area contributed by atoms with Gasteiger partial charge in [-0.2, -0.15) is 0 Å². The van der Waals surface area contributed by atoms with Gasteiger partial charge in [0.1, 0.15) is 0 Å². The van der Waals surface area contributed by atoms with Gasteiger partial charge in [0.15, 0.2) is 5.11 Å². The number of aromatic nitrogens is 2. The second-order valence-corrected chi connectivity index (χ2v) is 10.3. The Balaban J connectivity index is 1.59. The SMILES string of the molecule is Cc1cc([C@@H]2[C@@H](c3ccccn3)NC(=S)N2C2CCCCC2)c(C)n1-c1ccc(N(C)C)cc1. The van der Waals surface area contributed by atoms with Crippen molar-refractivity contribution in [1.29, 1.82) is 0 Å². The molecule has 1 aromatic carbocycles. The Morgan fingerprint density at radius 2 is 1.74 bits per heavy atom. The van der Waals surface area contributed by atoms with Crippen LogP contribution in [0.15, 0.2) is 54.7 Å². The number of nitrogens with one attached hydrogen (secondary N) is 1. The van der Waals surface area contributed by atoms with E-state index in [-0.39, 0.29) is 12.1 Å². The van der Waals surface area contributed by atoms with E-state index in [4.69, 9.17) is 17.2 Å². The first-order valence-corrected chi connectivity index (χ1v) is 12.8. The van der Waals surface area contributed by atoms with Crippen LogP contribution < -0.4 is 10.2 Å². The Kier molecular flexibility index (Phi) is 6.34. The van der Waals surface area contributed by atoms with Gasteiger partial charge < -0.3 is 19.7 Å². The summed E-state index contributed by atoms with van der Waals surface area (Å²) in [4.78, 5) is 9.38. The molecule has 2 atom stereocenters. The van der Waals surface area contributed by atoms with Crippen LogP contribution in [0.1, 0.15) is 66.8 Å². The summed E-state index contributed by atoms with van der Waals surface area (Å²) in [7, 11) is 4.15. The number of hydrogen-bond donors (Lipinski definition) is 1. The molecular weight excluding hydrogens is 438 g/mol. The van der Waals surface area contributed by atoms with E-state index < -0.39 is 0 Å². The molecule has 34 heavy (non-hydrogen) atoms. The lowest BCUT2D eigenvalue weighted by atomic mass is 9.90. The summed E-state index contributed by atoms with van der Waals surface area (Å²) in [6.45, 7) is 4.45. The minimum Gasteiger partial charge on any atom is -0.378 e. The molecule has 1 aliphatic carbocycles. The van der Waals surface area contributed by atoms with Crippen LogP contribution in [0.5, 0.6) is 0 Å². The molecule has 0 unspecified atom stereocenters. The maximum Gasteiger partial charge on any atom is 0.170 e. The predicted molar refractivity (Wildman–Crippen MR) is 144 cm³/mol. The molecule has 2 aromatic heterocycles. The van der Waals surface area contributed by atoms with Crippen LogP contribution in [0, 0.1) is 13.8 Å². The molecule has 0 amide bonds. The van der Waals surface area contributed by atoms with Crippen molar-refractivity contribution >= 4 is 23.0 Å². The van der Waals surface area contributed by atoms with Gasteiger partial charge in [-0.25, -0.2) is 0 Å². The number of hydrogen-bond acceptors (Lipinski definition) is 3. The first-order chi connectivity index (χ1) is 16.5. The van der Waals surface area contributed by atoms with Gasteiger partial charge in [0.2, 0.25) is 0 Å². The fraction of sp³-hybridized carbons (Fsp3) is 0.429. The fourth-order valence-electron chi connectivity index (χ4n) is 5.83.